The van der Waals surface area contributed by atoms with E-state index in [1.54, 1.807) is 6.08 Å². The minimum Gasteiger partial charge on any atom is -0.423 e. The van der Waals surface area contributed by atoms with Crippen molar-refractivity contribution in [1.29, 1.82) is 0 Å². The molecule has 0 atom stereocenters. The Kier molecular flexibility index (Phi) is 4.42. The summed E-state index contributed by atoms with van der Waals surface area (Å²) in [6.45, 7) is 4.99. The first-order chi connectivity index (χ1) is 7.02. The van der Waals surface area contributed by atoms with Crippen LogP contribution in [0.25, 0.3) is 0 Å². The second kappa shape index (κ2) is 5.38. The molecule has 1 aliphatic heterocycles. The monoisotopic (exact) mass is 209 g/mol. The molecule has 2 aliphatic rings. The van der Waals surface area contributed by atoms with Crippen molar-refractivity contribution in [2.45, 2.75) is 26.7 Å². The molecule has 0 aromatic heterocycles. The van der Waals surface area contributed by atoms with Gasteiger partial charge in [0.1, 0.15) is 0 Å². The number of hydrogen-bond donors (Lipinski definition) is 2. The highest BCUT2D eigenvalue weighted by Gasteiger charge is 2.18. The smallest absolute Gasteiger partial charge is 0.423 e. The molecule has 0 bridgehead atoms. The molecular weight excluding hydrogens is 189 g/mol. The highest BCUT2D eigenvalue weighted by molar-refractivity contribution is 6.52. The first-order valence-corrected chi connectivity index (χ1v) is 5.47. The summed E-state index contributed by atoms with van der Waals surface area (Å²) in [4.78, 5) is 1.97. The summed E-state index contributed by atoms with van der Waals surface area (Å²) in [5.41, 5.74) is 1.50. The second-order valence-electron chi connectivity index (χ2n) is 4.38. The van der Waals surface area contributed by atoms with Crippen LogP contribution in [0.15, 0.2) is 23.3 Å². The molecule has 1 fully saturated rings. The third-order valence-electron chi connectivity index (χ3n) is 2.81. The molecule has 0 aromatic rings. The van der Waals surface area contributed by atoms with E-state index in [9.17, 15) is 0 Å². The third-order valence-corrected chi connectivity index (χ3v) is 2.81. The number of allylic oxidation sites excluding steroid dienone is 3. The zero-order valence-electron chi connectivity index (χ0n) is 9.77. The van der Waals surface area contributed by atoms with Gasteiger partial charge in [-0.15, -0.1) is 0 Å². The molecule has 4 heteroatoms. The van der Waals surface area contributed by atoms with E-state index in [-0.39, 0.29) is 0 Å². The average molecular weight is 209 g/mol. The van der Waals surface area contributed by atoms with E-state index in [0.717, 1.165) is 18.2 Å². The predicted octanol–water partition coefficient (Wildman–Crippen LogP) is 1.19. The molecule has 3 nitrogen and oxygen atoms in total. The van der Waals surface area contributed by atoms with Crippen LogP contribution in [0.5, 0.6) is 0 Å². The Bertz CT molecular complexity index is 270. The number of likely N-dealkylation sites (N-methyl/N-ethyl adjacent to an activating group) is 1. The van der Waals surface area contributed by atoms with Gasteiger partial charge in [-0.2, -0.15) is 0 Å². The lowest BCUT2D eigenvalue weighted by Gasteiger charge is -2.24. The largest absolute Gasteiger partial charge is 0.490 e. The number of rotatable bonds is 1. The van der Waals surface area contributed by atoms with Crippen LogP contribution in [0.2, 0.25) is 0 Å². The first-order valence-electron chi connectivity index (χ1n) is 5.47. The molecule has 0 radical (unpaired) electrons. The van der Waals surface area contributed by atoms with Crippen molar-refractivity contribution in [3.63, 3.8) is 0 Å². The number of nitrogens with zero attached hydrogens (tertiary/aromatic N) is 1. The zero-order valence-corrected chi connectivity index (χ0v) is 9.77. The fourth-order valence-electron chi connectivity index (χ4n) is 1.26. The van der Waals surface area contributed by atoms with Crippen molar-refractivity contribution in [1.82, 2.24) is 4.90 Å². The van der Waals surface area contributed by atoms with Crippen LogP contribution >= 0.6 is 0 Å². The van der Waals surface area contributed by atoms with E-state index >= 15 is 0 Å². The summed E-state index contributed by atoms with van der Waals surface area (Å²) in [6, 6.07) is 0. The van der Waals surface area contributed by atoms with E-state index in [1.165, 1.54) is 12.8 Å². The van der Waals surface area contributed by atoms with Crippen molar-refractivity contribution < 1.29 is 10.0 Å². The maximum atomic E-state index is 8.89. The molecule has 0 spiro atoms. The van der Waals surface area contributed by atoms with Crippen molar-refractivity contribution in [3.8, 4) is 0 Å². The fourth-order valence-corrected chi connectivity index (χ4v) is 1.26. The highest BCUT2D eigenvalue weighted by Crippen LogP contribution is 2.26. The van der Waals surface area contributed by atoms with Gasteiger partial charge in [0, 0.05) is 24.8 Å². The van der Waals surface area contributed by atoms with Crippen molar-refractivity contribution >= 4 is 7.12 Å². The maximum Gasteiger partial charge on any atom is 0.490 e. The summed E-state index contributed by atoms with van der Waals surface area (Å²) < 4.78 is 0. The number of hydrogen-bond acceptors (Lipinski definition) is 3. The molecule has 0 amide bonds. The van der Waals surface area contributed by atoms with Gasteiger partial charge in [0.2, 0.25) is 0 Å². The summed E-state index contributed by atoms with van der Waals surface area (Å²) in [5, 5.41) is 17.8. The molecule has 0 aromatic carbocycles. The van der Waals surface area contributed by atoms with E-state index < -0.39 is 7.12 Å². The Hall–Kier alpha value is -0.735. The van der Waals surface area contributed by atoms with Gasteiger partial charge in [-0.1, -0.05) is 31.9 Å². The van der Waals surface area contributed by atoms with Gasteiger partial charge in [0.15, 0.2) is 0 Å². The summed E-state index contributed by atoms with van der Waals surface area (Å²) in [7, 11) is 0.565. The zero-order chi connectivity index (χ0) is 11.4. The van der Waals surface area contributed by atoms with Crippen molar-refractivity contribution in [2.24, 2.45) is 5.92 Å². The predicted molar refractivity (Wildman–Crippen MR) is 63.1 cm³/mol. The van der Waals surface area contributed by atoms with Crippen LogP contribution in [0, 0.1) is 5.92 Å². The molecule has 15 heavy (non-hydrogen) atoms. The van der Waals surface area contributed by atoms with Crippen LogP contribution in [-0.4, -0.2) is 35.7 Å². The molecular formula is C11H20BNO2. The Morgan fingerprint density at radius 1 is 1.40 bits per heavy atom. The van der Waals surface area contributed by atoms with Gasteiger partial charge in [-0.25, -0.2) is 0 Å². The second-order valence-corrected chi connectivity index (χ2v) is 4.38. The van der Waals surface area contributed by atoms with Gasteiger partial charge in [-0.3, -0.25) is 0 Å². The average Bonchev–Trinajstić information content (AvgIpc) is 2.93. The Morgan fingerprint density at radius 3 is 2.27 bits per heavy atom. The molecule has 84 valence electrons. The molecule has 2 rings (SSSR count). The van der Waals surface area contributed by atoms with Gasteiger partial charge in [0.25, 0.3) is 0 Å². The first kappa shape index (κ1) is 12.3. The summed E-state index contributed by atoms with van der Waals surface area (Å²) >= 11 is 0. The van der Waals surface area contributed by atoms with E-state index in [2.05, 4.69) is 6.92 Å². The molecule has 1 aliphatic carbocycles. The van der Waals surface area contributed by atoms with Crippen molar-refractivity contribution in [2.75, 3.05) is 13.6 Å². The maximum absolute atomic E-state index is 8.89. The lowest BCUT2D eigenvalue weighted by atomic mass is 9.76. The molecule has 1 saturated carbocycles. The Labute approximate surface area is 92.2 Å². The fraction of sp³-hybridized carbons (Fsp3) is 0.636. The lowest BCUT2D eigenvalue weighted by Crippen LogP contribution is -2.26. The SMILES string of the molecule is CC1=C(B(O)O)C=CCN1C.CC1CC1. The minimum atomic E-state index is -1.35. The molecule has 2 N–H and O–H groups in total. The molecule has 0 saturated heterocycles. The normalized spacial score (nSPS) is 19.9. The molecule has 1 heterocycles. The van der Waals surface area contributed by atoms with E-state index in [4.69, 9.17) is 10.0 Å². The van der Waals surface area contributed by atoms with Gasteiger partial charge < -0.3 is 14.9 Å². The van der Waals surface area contributed by atoms with Crippen LogP contribution in [0.1, 0.15) is 26.7 Å². The van der Waals surface area contributed by atoms with Gasteiger partial charge >= 0.3 is 7.12 Å². The van der Waals surface area contributed by atoms with E-state index in [1.807, 2.05) is 24.9 Å². The molecule has 0 unspecified atom stereocenters. The summed E-state index contributed by atoms with van der Waals surface area (Å²) in [6.07, 6.45) is 6.63. The topological polar surface area (TPSA) is 43.7 Å². The van der Waals surface area contributed by atoms with Crippen LogP contribution in [-0.2, 0) is 0 Å². The van der Waals surface area contributed by atoms with Gasteiger partial charge in [0.05, 0.1) is 0 Å². The standard InChI is InChI=1S/C7H12BNO2.C4H8/c1-6-7(8(10)11)4-3-5-9(6)2;1-4-2-3-4/h3-4,10-11H,5H2,1-2H3;4H,2-3H2,1H3. The quantitative estimate of drug-likeness (QED) is 0.637. The van der Waals surface area contributed by atoms with Crippen LogP contribution in [0.3, 0.4) is 0 Å². The highest BCUT2D eigenvalue weighted by atomic mass is 16.4. The van der Waals surface area contributed by atoms with Crippen LogP contribution in [0.4, 0.5) is 0 Å². The Balaban J connectivity index is 0.000000234. The third kappa shape index (κ3) is 4.10. The van der Waals surface area contributed by atoms with E-state index in [0.29, 0.717) is 5.47 Å². The lowest BCUT2D eigenvalue weighted by molar-refractivity contribution is 0.408. The van der Waals surface area contributed by atoms with Crippen LogP contribution < -0.4 is 0 Å². The van der Waals surface area contributed by atoms with Gasteiger partial charge in [-0.05, 0) is 12.8 Å². The summed E-state index contributed by atoms with van der Waals surface area (Å²) in [5.74, 6) is 1.08. The minimum absolute atomic E-state index is 0.582. The van der Waals surface area contributed by atoms with Crippen molar-refractivity contribution in [3.05, 3.63) is 23.3 Å². The Morgan fingerprint density at radius 2 is 1.93 bits per heavy atom.